The average molecular weight is 280 g/mol. The van der Waals surface area contributed by atoms with Crippen molar-refractivity contribution < 1.29 is 19.4 Å². The van der Waals surface area contributed by atoms with Crippen LogP contribution in [0.3, 0.4) is 0 Å². The number of nitrogens with one attached hydrogen (secondary N) is 1. The summed E-state index contributed by atoms with van der Waals surface area (Å²) >= 11 is 0. The van der Waals surface area contributed by atoms with Gasteiger partial charge in [-0.25, -0.2) is 0 Å². The van der Waals surface area contributed by atoms with Gasteiger partial charge in [0.2, 0.25) is 5.91 Å². The Morgan fingerprint density at radius 2 is 2.20 bits per heavy atom. The number of ether oxygens (including phenoxy) is 1. The van der Waals surface area contributed by atoms with Crippen molar-refractivity contribution in [2.24, 2.45) is 5.73 Å². The number of carbonyl (C=O) groups is 2. The van der Waals surface area contributed by atoms with Gasteiger partial charge in [0, 0.05) is 13.0 Å². The molecule has 0 spiro atoms. The third-order valence-electron chi connectivity index (χ3n) is 2.85. The Kier molecular flexibility index (Phi) is 6.52. The van der Waals surface area contributed by atoms with E-state index < -0.39 is 12.0 Å². The van der Waals surface area contributed by atoms with E-state index in [4.69, 9.17) is 15.6 Å². The van der Waals surface area contributed by atoms with Gasteiger partial charge in [0.25, 0.3) is 0 Å². The van der Waals surface area contributed by atoms with E-state index in [1.807, 2.05) is 24.3 Å². The molecule has 0 saturated carbocycles. The van der Waals surface area contributed by atoms with Crippen LogP contribution in [0.15, 0.2) is 24.3 Å². The van der Waals surface area contributed by atoms with Crippen molar-refractivity contribution in [1.82, 2.24) is 5.32 Å². The lowest BCUT2D eigenvalue weighted by molar-refractivity contribution is -0.137. The molecule has 1 aromatic rings. The molecule has 6 heteroatoms. The third kappa shape index (κ3) is 5.71. The topological polar surface area (TPSA) is 102 Å². The van der Waals surface area contributed by atoms with Crippen LogP contribution in [0.2, 0.25) is 0 Å². The molecule has 20 heavy (non-hydrogen) atoms. The van der Waals surface area contributed by atoms with Crippen LogP contribution in [0.25, 0.3) is 0 Å². The van der Waals surface area contributed by atoms with Gasteiger partial charge in [-0.1, -0.05) is 12.1 Å². The van der Waals surface area contributed by atoms with Crippen LogP contribution in [0.5, 0.6) is 5.75 Å². The van der Waals surface area contributed by atoms with Crippen molar-refractivity contribution in [2.45, 2.75) is 25.3 Å². The number of carboxylic acid groups (broad SMARTS) is 1. The Morgan fingerprint density at radius 1 is 1.45 bits per heavy atom. The molecule has 0 saturated heterocycles. The minimum Gasteiger partial charge on any atom is -0.497 e. The van der Waals surface area contributed by atoms with Crippen molar-refractivity contribution in [3.05, 3.63) is 29.8 Å². The summed E-state index contributed by atoms with van der Waals surface area (Å²) in [4.78, 5) is 22.0. The minimum absolute atomic E-state index is 0.107. The van der Waals surface area contributed by atoms with Crippen LogP contribution in [0.4, 0.5) is 0 Å². The predicted molar refractivity (Wildman–Crippen MR) is 74.6 cm³/mol. The molecule has 0 aliphatic carbocycles. The van der Waals surface area contributed by atoms with Gasteiger partial charge in [-0.2, -0.15) is 0 Å². The molecule has 1 rings (SSSR count). The fraction of sp³-hybridized carbons (Fsp3) is 0.429. The zero-order chi connectivity index (χ0) is 15.0. The Morgan fingerprint density at radius 3 is 2.85 bits per heavy atom. The van der Waals surface area contributed by atoms with Crippen LogP contribution in [0, 0.1) is 0 Å². The lowest BCUT2D eigenvalue weighted by atomic mass is 10.1. The van der Waals surface area contributed by atoms with Crippen LogP contribution in [0.1, 0.15) is 18.4 Å². The van der Waals surface area contributed by atoms with Gasteiger partial charge in [-0.15, -0.1) is 0 Å². The molecule has 0 fully saturated rings. The number of amides is 1. The molecule has 0 radical (unpaired) electrons. The second-order valence-corrected chi connectivity index (χ2v) is 4.43. The van der Waals surface area contributed by atoms with Gasteiger partial charge < -0.3 is 20.9 Å². The van der Waals surface area contributed by atoms with Gasteiger partial charge in [-0.05, 0) is 30.5 Å². The van der Waals surface area contributed by atoms with E-state index in [0.29, 0.717) is 13.0 Å². The second kappa shape index (κ2) is 8.16. The van der Waals surface area contributed by atoms with Crippen LogP contribution in [-0.4, -0.2) is 36.7 Å². The standard InChI is InChI=1S/C14H20N2O4/c1-20-11-4-2-3-10(9-11)7-8-16-14(19)12(15)5-6-13(17)18/h2-4,9,12H,5-8,15H2,1H3,(H,16,19)(H,17,18). The zero-order valence-electron chi connectivity index (χ0n) is 11.5. The van der Waals surface area contributed by atoms with E-state index in [-0.39, 0.29) is 18.7 Å². The molecular weight excluding hydrogens is 260 g/mol. The van der Waals surface area contributed by atoms with Crippen LogP contribution < -0.4 is 15.8 Å². The number of hydrogen-bond acceptors (Lipinski definition) is 4. The second-order valence-electron chi connectivity index (χ2n) is 4.43. The first-order chi connectivity index (χ1) is 9.52. The molecule has 0 aromatic heterocycles. The van der Waals surface area contributed by atoms with E-state index in [1.54, 1.807) is 7.11 Å². The van der Waals surface area contributed by atoms with Crippen molar-refractivity contribution >= 4 is 11.9 Å². The number of aliphatic carboxylic acids is 1. The summed E-state index contributed by atoms with van der Waals surface area (Å²) in [5.41, 5.74) is 6.64. The Labute approximate surface area is 117 Å². The first-order valence-corrected chi connectivity index (χ1v) is 6.41. The van der Waals surface area contributed by atoms with Crippen LogP contribution in [-0.2, 0) is 16.0 Å². The van der Waals surface area contributed by atoms with E-state index in [2.05, 4.69) is 5.32 Å². The summed E-state index contributed by atoms with van der Waals surface area (Å²) in [7, 11) is 1.60. The fourth-order valence-corrected chi connectivity index (χ4v) is 1.70. The third-order valence-corrected chi connectivity index (χ3v) is 2.85. The molecule has 0 aliphatic heterocycles. The maximum atomic E-state index is 11.6. The maximum absolute atomic E-state index is 11.6. The van der Waals surface area contributed by atoms with E-state index in [1.165, 1.54) is 0 Å². The summed E-state index contributed by atoms with van der Waals surface area (Å²) in [6.45, 7) is 0.451. The highest BCUT2D eigenvalue weighted by molar-refractivity contribution is 5.82. The number of carbonyl (C=O) groups excluding carboxylic acids is 1. The quantitative estimate of drug-likeness (QED) is 0.645. The van der Waals surface area contributed by atoms with Gasteiger partial charge >= 0.3 is 5.97 Å². The average Bonchev–Trinajstić information content (AvgIpc) is 2.44. The molecule has 0 aliphatic rings. The first kappa shape index (κ1) is 16.0. The van der Waals surface area contributed by atoms with Gasteiger partial charge in [0.05, 0.1) is 13.2 Å². The van der Waals surface area contributed by atoms with Gasteiger partial charge in [0.15, 0.2) is 0 Å². The van der Waals surface area contributed by atoms with E-state index in [9.17, 15) is 9.59 Å². The number of nitrogens with two attached hydrogens (primary N) is 1. The maximum Gasteiger partial charge on any atom is 0.303 e. The number of methoxy groups -OCH3 is 1. The number of hydrogen-bond donors (Lipinski definition) is 3. The van der Waals surface area contributed by atoms with Crippen molar-refractivity contribution in [1.29, 1.82) is 0 Å². The van der Waals surface area contributed by atoms with Gasteiger partial charge in [-0.3, -0.25) is 9.59 Å². The molecule has 1 unspecified atom stereocenters. The van der Waals surface area contributed by atoms with Gasteiger partial charge in [0.1, 0.15) is 5.75 Å². The molecule has 1 aromatic carbocycles. The monoisotopic (exact) mass is 280 g/mol. The minimum atomic E-state index is -0.954. The first-order valence-electron chi connectivity index (χ1n) is 6.41. The number of benzene rings is 1. The Hall–Kier alpha value is -2.08. The smallest absolute Gasteiger partial charge is 0.303 e. The SMILES string of the molecule is COc1cccc(CCNC(=O)C(N)CCC(=O)O)c1. The lowest BCUT2D eigenvalue weighted by Crippen LogP contribution is -2.41. The number of carboxylic acids is 1. The highest BCUT2D eigenvalue weighted by Crippen LogP contribution is 2.12. The molecule has 4 N–H and O–H groups in total. The Bertz CT molecular complexity index is 462. The van der Waals surface area contributed by atoms with E-state index >= 15 is 0 Å². The lowest BCUT2D eigenvalue weighted by Gasteiger charge is -2.11. The summed E-state index contributed by atoms with van der Waals surface area (Å²) in [6.07, 6.45) is 0.694. The molecule has 0 bridgehead atoms. The largest absolute Gasteiger partial charge is 0.497 e. The predicted octanol–water partition coefficient (Wildman–Crippen LogP) is 0.546. The molecule has 0 heterocycles. The highest BCUT2D eigenvalue weighted by atomic mass is 16.5. The Balaban J connectivity index is 2.32. The summed E-state index contributed by atoms with van der Waals surface area (Å²) in [5, 5.41) is 11.2. The van der Waals surface area contributed by atoms with Crippen molar-refractivity contribution in [3.8, 4) is 5.75 Å². The zero-order valence-corrected chi connectivity index (χ0v) is 11.5. The molecule has 1 atom stereocenters. The van der Waals surface area contributed by atoms with Crippen molar-refractivity contribution in [2.75, 3.05) is 13.7 Å². The highest BCUT2D eigenvalue weighted by Gasteiger charge is 2.14. The fourth-order valence-electron chi connectivity index (χ4n) is 1.70. The molecule has 110 valence electrons. The number of rotatable bonds is 8. The molecule has 1 amide bonds. The van der Waals surface area contributed by atoms with Crippen molar-refractivity contribution in [3.63, 3.8) is 0 Å². The normalized spacial score (nSPS) is 11.7. The molecule has 6 nitrogen and oxygen atoms in total. The molecular formula is C14H20N2O4. The summed E-state index contributed by atoms with van der Waals surface area (Å²) < 4.78 is 5.11. The summed E-state index contributed by atoms with van der Waals surface area (Å²) in [6, 6.07) is 6.80. The van der Waals surface area contributed by atoms with E-state index in [0.717, 1.165) is 11.3 Å². The summed E-state index contributed by atoms with van der Waals surface area (Å²) in [5.74, 6) is -0.509. The van der Waals surface area contributed by atoms with Crippen LogP contribution >= 0.6 is 0 Å².